The van der Waals surface area contributed by atoms with Crippen molar-refractivity contribution in [1.29, 1.82) is 0 Å². The van der Waals surface area contributed by atoms with Crippen LogP contribution in [0.3, 0.4) is 0 Å². The van der Waals surface area contributed by atoms with Gasteiger partial charge in [-0.1, -0.05) is 24.3 Å². The van der Waals surface area contributed by atoms with Crippen molar-refractivity contribution in [3.05, 3.63) is 49.0 Å². The van der Waals surface area contributed by atoms with E-state index in [0.717, 1.165) is 24.7 Å². The van der Waals surface area contributed by atoms with Gasteiger partial charge in [-0.15, -0.1) is 0 Å². The van der Waals surface area contributed by atoms with Crippen LogP contribution in [0.1, 0.15) is 64.2 Å². The van der Waals surface area contributed by atoms with Crippen molar-refractivity contribution in [3.8, 4) is 0 Å². The van der Waals surface area contributed by atoms with E-state index in [1.165, 1.54) is 62.5 Å². The van der Waals surface area contributed by atoms with Crippen molar-refractivity contribution in [2.45, 2.75) is 64.2 Å². The number of hydrogen-bond donors (Lipinski definition) is 0. The van der Waals surface area contributed by atoms with Crippen molar-refractivity contribution < 1.29 is 4.74 Å². The van der Waals surface area contributed by atoms with E-state index < -0.39 is 0 Å². The first-order valence-electron chi connectivity index (χ1n) is 8.53. The van der Waals surface area contributed by atoms with E-state index >= 15 is 0 Å². The average Bonchev–Trinajstić information content (AvgIpc) is 2.50. The standard InChI is InChI=1S/C20H30O/c1-17-7-11-19(12-8-17)5-3-15-21-16-4-6-20-13-9-18(2)10-14-20/h3-4,15-16,19-20H,1-2,5-14H2. The van der Waals surface area contributed by atoms with Crippen LogP contribution in [-0.4, -0.2) is 0 Å². The summed E-state index contributed by atoms with van der Waals surface area (Å²) in [6, 6.07) is 0. The third-order valence-corrected chi connectivity index (χ3v) is 4.91. The van der Waals surface area contributed by atoms with E-state index in [2.05, 4.69) is 25.3 Å². The van der Waals surface area contributed by atoms with Gasteiger partial charge in [-0.25, -0.2) is 0 Å². The molecule has 0 radical (unpaired) electrons. The molecule has 1 heteroatoms. The molecule has 0 amide bonds. The fourth-order valence-corrected chi connectivity index (χ4v) is 3.30. The minimum absolute atomic E-state index is 0.828. The number of allylic oxidation sites excluding steroid dienone is 4. The van der Waals surface area contributed by atoms with Gasteiger partial charge >= 0.3 is 0 Å². The van der Waals surface area contributed by atoms with Gasteiger partial charge in [0.2, 0.25) is 0 Å². The van der Waals surface area contributed by atoms with E-state index in [1.807, 2.05) is 12.5 Å². The number of ether oxygens (including phenoxy) is 1. The van der Waals surface area contributed by atoms with Crippen LogP contribution in [0.2, 0.25) is 0 Å². The molecule has 0 saturated heterocycles. The van der Waals surface area contributed by atoms with Crippen molar-refractivity contribution in [2.24, 2.45) is 11.8 Å². The molecule has 2 fully saturated rings. The molecule has 0 aromatic carbocycles. The summed E-state index contributed by atoms with van der Waals surface area (Å²) in [7, 11) is 0. The van der Waals surface area contributed by atoms with Crippen LogP contribution in [0.4, 0.5) is 0 Å². The Morgan fingerprint density at radius 1 is 0.762 bits per heavy atom. The summed E-state index contributed by atoms with van der Waals surface area (Å²) in [4.78, 5) is 0. The molecule has 21 heavy (non-hydrogen) atoms. The molecule has 0 aromatic rings. The third-order valence-electron chi connectivity index (χ3n) is 4.91. The average molecular weight is 286 g/mol. The third kappa shape index (κ3) is 6.37. The second-order valence-corrected chi connectivity index (χ2v) is 6.74. The van der Waals surface area contributed by atoms with Gasteiger partial charge in [-0.3, -0.25) is 0 Å². The second kappa shape index (κ2) is 8.92. The molecule has 2 rings (SSSR count). The van der Waals surface area contributed by atoms with Crippen LogP contribution < -0.4 is 0 Å². The van der Waals surface area contributed by atoms with Crippen LogP contribution in [0.25, 0.3) is 0 Å². The van der Waals surface area contributed by atoms with Gasteiger partial charge in [-0.05, 0) is 88.2 Å². The Hall–Kier alpha value is -1.24. The summed E-state index contributed by atoms with van der Waals surface area (Å²) in [5.74, 6) is 1.66. The SMILES string of the molecule is C=C1CCC(CC=COC=CCC2CCC(=C)CC2)CC1. The Balaban J connectivity index is 1.52. The zero-order valence-electron chi connectivity index (χ0n) is 13.4. The number of hydrogen-bond acceptors (Lipinski definition) is 1. The summed E-state index contributed by atoms with van der Waals surface area (Å²) in [5, 5.41) is 0. The Bertz CT molecular complexity index is 344. The maximum Gasteiger partial charge on any atom is 0.0861 e. The highest BCUT2D eigenvalue weighted by Gasteiger charge is 2.14. The van der Waals surface area contributed by atoms with Crippen molar-refractivity contribution >= 4 is 0 Å². The molecule has 1 nitrogen and oxygen atoms in total. The number of rotatable bonds is 6. The van der Waals surface area contributed by atoms with Gasteiger partial charge in [0, 0.05) is 0 Å². The maximum absolute atomic E-state index is 5.46. The highest BCUT2D eigenvalue weighted by atomic mass is 16.5. The van der Waals surface area contributed by atoms with Crippen LogP contribution in [0.15, 0.2) is 49.0 Å². The lowest BCUT2D eigenvalue weighted by Gasteiger charge is -2.21. The van der Waals surface area contributed by atoms with Crippen LogP contribution in [0.5, 0.6) is 0 Å². The molecule has 0 unspecified atom stereocenters. The van der Waals surface area contributed by atoms with Gasteiger partial charge in [-0.2, -0.15) is 0 Å². The Morgan fingerprint density at radius 2 is 1.14 bits per heavy atom. The van der Waals surface area contributed by atoms with Gasteiger partial charge in [0.25, 0.3) is 0 Å². The topological polar surface area (TPSA) is 9.23 Å². The zero-order chi connectivity index (χ0) is 14.9. The predicted octanol–water partition coefficient (Wildman–Crippen LogP) is 6.30. The molecule has 2 saturated carbocycles. The Kier molecular flexibility index (Phi) is 6.85. The summed E-state index contributed by atoms with van der Waals surface area (Å²) in [5.41, 5.74) is 2.86. The van der Waals surface area contributed by atoms with E-state index in [4.69, 9.17) is 4.74 Å². The first-order valence-corrected chi connectivity index (χ1v) is 8.53. The second-order valence-electron chi connectivity index (χ2n) is 6.74. The molecule has 116 valence electrons. The summed E-state index contributed by atoms with van der Waals surface area (Å²) >= 11 is 0. The zero-order valence-corrected chi connectivity index (χ0v) is 13.4. The molecular weight excluding hydrogens is 256 g/mol. The fraction of sp³-hybridized carbons (Fsp3) is 0.600. The highest BCUT2D eigenvalue weighted by molar-refractivity contribution is 5.00. The molecule has 0 aliphatic heterocycles. The molecule has 0 spiro atoms. The quantitative estimate of drug-likeness (QED) is 0.411. The molecule has 0 atom stereocenters. The smallest absolute Gasteiger partial charge is 0.0861 e. The first-order chi connectivity index (χ1) is 10.2. The minimum atomic E-state index is 0.828. The highest BCUT2D eigenvalue weighted by Crippen LogP contribution is 2.30. The summed E-state index contributed by atoms with van der Waals surface area (Å²) < 4.78 is 5.46. The van der Waals surface area contributed by atoms with E-state index in [9.17, 15) is 0 Å². The lowest BCUT2D eigenvalue weighted by atomic mass is 9.85. The maximum atomic E-state index is 5.46. The fourth-order valence-electron chi connectivity index (χ4n) is 3.30. The van der Waals surface area contributed by atoms with Gasteiger partial charge in [0.15, 0.2) is 0 Å². The molecule has 0 N–H and O–H groups in total. The van der Waals surface area contributed by atoms with Gasteiger partial charge in [0.1, 0.15) is 0 Å². The van der Waals surface area contributed by atoms with Gasteiger partial charge < -0.3 is 4.74 Å². The normalized spacial score (nSPS) is 22.5. The van der Waals surface area contributed by atoms with Crippen LogP contribution >= 0.6 is 0 Å². The van der Waals surface area contributed by atoms with E-state index in [-0.39, 0.29) is 0 Å². The first kappa shape index (κ1) is 16.1. The Labute approximate surface area is 130 Å². The van der Waals surface area contributed by atoms with Crippen LogP contribution in [-0.2, 0) is 4.74 Å². The largest absolute Gasteiger partial charge is 0.473 e. The van der Waals surface area contributed by atoms with Crippen molar-refractivity contribution in [1.82, 2.24) is 0 Å². The monoisotopic (exact) mass is 286 g/mol. The van der Waals surface area contributed by atoms with E-state index in [0.29, 0.717) is 0 Å². The lowest BCUT2D eigenvalue weighted by molar-refractivity contribution is 0.376. The predicted molar refractivity (Wildman–Crippen MR) is 90.8 cm³/mol. The Morgan fingerprint density at radius 3 is 1.52 bits per heavy atom. The molecule has 0 heterocycles. The summed E-state index contributed by atoms with van der Waals surface area (Å²) in [6.07, 6.45) is 20.4. The summed E-state index contributed by atoms with van der Waals surface area (Å²) in [6.45, 7) is 8.13. The molecule has 2 aliphatic carbocycles. The molecule has 0 aromatic heterocycles. The van der Waals surface area contributed by atoms with Gasteiger partial charge in [0.05, 0.1) is 12.5 Å². The lowest BCUT2D eigenvalue weighted by Crippen LogP contribution is -2.06. The molecular formula is C20H30O. The minimum Gasteiger partial charge on any atom is -0.473 e. The van der Waals surface area contributed by atoms with E-state index in [1.54, 1.807) is 0 Å². The van der Waals surface area contributed by atoms with Crippen LogP contribution in [0, 0.1) is 11.8 Å². The molecule has 0 bridgehead atoms. The molecule has 2 aliphatic rings. The van der Waals surface area contributed by atoms with Crippen molar-refractivity contribution in [2.75, 3.05) is 0 Å². The van der Waals surface area contributed by atoms with Crippen molar-refractivity contribution in [3.63, 3.8) is 0 Å².